The van der Waals surface area contributed by atoms with Crippen molar-refractivity contribution >= 4 is 27.3 Å². The molecule has 1 N–H and O–H groups in total. The van der Waals surface area contributed by atoms with Gasteiger partial charge in [-0.2, -0.15) is 0 Å². The van der Waals surface area contributed by atoms with Gasteiger partial charge >= 0.3 is 0 Å². The lowest BCUT2D eigenvalue weighted by atomic mass is 10.3. The predicted molar refractivity (Wildman–Crippen MR) is 61.7 cm³/mol. The molecule has 0 aliphatic rings. The first-order valence-corrected chi connectivity index (χ1v) is 5.07. The highest BCUT2D eigenvalue weighted by Gasteiger charge is 1.97. The van der Waals surface area contributed by atoms with Gasteiger partial charge in [-0.05, 0) is 34.1 Å². The van der Waals surface area contributed by atoms with E-state index in [1.165, 1.54) is 0 Å². The molecule has 2 nitrogen and oxygen atoms in total. The van der Waals surface area contributed by atoms with Gasteiger partial charge in [-0.1, -0.05) is 18.2 Å². The molecule has 0 aliphatic carbocycles. The molecule has 0 unspecified atom stereocenters. The Balaban J connectivity index is 2.24. The summed E-state index contributed by atoms with van der Waals surface area (Å²) in [6.45, 7) is 0. The quantitative estimate of drug-likeness (QED) is 0.879. The van der Waals surface area contributed by atoms with Crippen LogP contribution in [0.25, 0.3) is 0 Å². The van der Waals surface area contributed by atoms with E-state index in [1.807, 2.05) is 36.4 Å². The van der Waals surface area contributed by atoms with E-state index in [-0.39, 0.29) is 0 Å². The number of aromatic nitrogens is 1. The third kappa shape index (κ3) is 2.12. The molecule has 3 heteroatoms. The van der Waals surface area contributed by atoms with Crippen molar-refractivity contribution in [1.82, 2.24) is 4.98 Å². The number of pyridine rings is 1. The van der Waals surface area contributed by atoms with E-state index in [0.717, 1.165) is 15.8 Å². The molecule has 14 heavy (non-hydrogen) atoms. The molecule has 0 atom stereocenters. The Morgan fingerprint density at radius 3 is 2.57 bits per heavy atom. The third-order valence-electron chi connectivity index (χ3n) is 1.83. The second-order valence-electron chi connectivity index (χ2n) is 2.85. The molecular weight excluding hydrogens is 240 g/mol. The molecule has 2 rings (SSSR count). The lowest BCUT2D eigenvalue weighted by Gasteiger charge is -2.06. The van der Waals surface area contributed by atoms with Crippen molar-refractivity contribution in [2.24, 2.45) is 0 Å². The number of nitrogens with one attached hydrogen (secondary N) is 1. The highest BCUT2D eigenvalue weighted by Crippen LogP contribution is 2.23. The van der Waals surface area contributed by atoms with Gasteiger partial charge in [0.15, 0.2) is 0 Å². The van der Waals surface area contributed by atoms with E-state index in [2.05, 4.69) is 26.2 Å². The summed E-state index contributed by atoms with van der Waals surface area (Å²) in [5.41, 5.74) is 2.09. The minimum atomic E-state index is 0.962. The second kappa shape index (κ2) is 4.24. The van der Waals surface area contributed by atoms with Crippen LogP contribution in [-0.2, 0) is 0 Å². The topological polar surface area (TPSA) is 24.9 Å². The van der Waals surface area contributed by atoms with E-state index >= 15 is 0 Å². The number of nitrogens with zero attached hydrogens (tertiary/aromatic N) is 1. The zero-order valence-electron chi connectivity index (χ0n) is 7.44. The largest absolute Gasteiger partial charge is 0.355 e. The van der Waals surface area contributed by atoms with Crippen LogP contribution in [0.1, 0.15) is 0 Å². The zero-order valence-corrected chi connectivity index (χ0v) is 9.03. The summed E-state index contributed by atoms with van der Waals surface area (Å²) in [4.78, 5) is 4.00. The number of benzene rings is 1. The first-order valence-electron chi connectivity index (χ1n) is 4.28. The van der Waals surface area contributed by atoms with Gasteiger partial charge in [0, 0.05) is 18.1 Å². The molecule has 2 aromatic rings. The van der Waals surface area contributed by atoms with Crippen LogP contribution in [0.5, 0.6) is 0 Å². The molecule has 0 bridgehead atoms. The van der Waals surface area contributed by atoms with Crippen molar-refractivity contribution in [3.63, 3.8) is 0 Å². The fourth-order valence-electron chi connectivity index (χ4n) is 1.15. The molecule has 0 radical (unpaired) electrons. The van der Waals surface area contributed by atoms with Crippen molar-refractivity contribution in [1.29, 1.82) is 0 Å². The van der Waals surface area contributed by atoms with E-state index in [4.69, 9.17) is 0 Å². The van der Waals surface area contributed by atoms with Gasteiger partial charge in [0.25, 0.3) is 0 Å². The summed E-state index contributed by atoms with van der Waals surface area (Å²) in [6.07, 6.45) is 3.53. The Hall–Kier alpha value is -1.35. The van der Waals surface area contributed by atoms with Crippen LogP contribution in [-0.4, -0.2) is 4.98 Å². The van der Waals surface area contributed by atoms with Crippen molar-refractivity contribution < 1.29 is 0 Å². The maximum atomic E-state index is 4.00. The summed E-state index contributed by atoms with van der Waals surface area (Å²) in [5, 5.41) is 3.29. The highest BCUT2D eigenvalue weighted by atomic mass is 79.9. The van der Waals surface area contributed by atoms with E-state index in [0.29, 0.717) is 0 Å². The van der Waals surface area contributed by atoms with Gasteiger partial charge < -0.3 is 5.32 Å². The van der Waals surface area contributed by atoms with Gasteiger partial charge in [-0.25, -0.2) is 0 Å². The molecule has 0 aliphatic heterocycles. The van der Waals surface area contributed by atoms with Crippen molar-refractivity contribution in [3.8, 4) is 0 Å². The summed E-state index contributed by atoms with van der Waals surface area (Å²) >= 11 is 3.43. The first kappa shape index (κ1) is 9.21. The number of hydrogen-bond acceptors (Lipinski definition) is 2. The normalized spacial score (nSPS) is 9.79. The molecule has 1 heterocycles. The standard InChI is InChI=1S/C11H9BrN2/c12-10-8-13-7-6-11(10)14-9-4-2-1-3-5-9/h1-8H,(H,13,14). The van der Waals surface area contributed by atoms with Crippen molar-refractivity contribution in [2.75, 3.05) is 5.32 Å². The Kier molecular flexibility index (Phi) is 2.79. The van der Waals surface area contributed by atoms with Gasteiger partial charge in [0.1, 0.15) is 0 Å². The van der Waals surface area contributed by atoms with E-state index in [9.17, 15) is 0 Å². The summed E-state index contributed by atoms with van der Waals surface area (Å²) < 4.78 is 0.962. The molecule has 0 saturated carbocycles. The Labute approximate surface area is 91.1 Å². The Morgan fingerprint density at radius 1 is 1.07 bits per heavy atom. The molecule has 70 valence electrons. The lowest BCUT2D eigenvalue weighted by molar-refractivity contribution is 1.30. The van der Waals surface area contributed by atoms with Crippen LogP contribution in [0.3, 0.4) is 0 Å². The molecule has 0 spiro atoms. The van der Waals surface area contributed by atoms with Gasteiger partial charge in [-0.3, -0.25) is 4.98 Å². The molecular formula is C11H9BrN2. The van der Waals surface area contributed by atoms with Crippen LogP contribution < -0.4 is 5.32 Å². The van der Waals surface area contributed by atoms with E-state index < -0.39 is 0 Å². The second-order valence-corrected chi connectivity index (χ2v) is 3.70. The SMILES string of the molecule is Brc1cnccc1Nc1ccccc1. The number of anilines is 2. The molecule has 0 fully saturated rings. The third-order valence-corrected chi connectivity index (χ3v) is 2.46. The average Bonchev–Trinajstić information content (AvgIpc) is 2.23. The molecule has 1 aromatic heterocycles. The van der Waals surface area contributed by atoms with Crippen LogP contribution in [0.4, 0.5) is 11.4 Å². The Morgan fingerprint density at radius 2 is 1.86 bits per heavy atom. The monoisotopic (exact) mass is 248 g/mol. The van der Waals surface area contributed by atoms with Crippen molar-refractivity contribution in [2.45, 2.75) is 0 Å². The van der Waals surface area contributed by atoms with Gasteiger partial charge in [0.05, 0.1) is 10.2 Å². The number of halogens is 1. The maximum Gasteiger partial charge on any atom is 0.0593 e. The average molecular weight is 249 g/mol. The summed E-state index contributed by atoms with van der Waals surface area (Å²) in [7, 11) is 0. The zero-order chi connectivity index (χ0) is 9.80. The Bertz CT molecular complexity index is 415. The number of hydrogen-bond donors (Lipinski definition) is 1. The van der Waals surface area contributed by atoms with E-state index in [1.54, 1.807) is 12.4 Å². The fraction of sp³-hybridized carbons (Fsp3) is 0. The maximum absolute atomic E-state index is 4.00. The predicted octanol–water partition coefficient (Wildman–Crippen LogP) is 3.59. The molecule has 1 aromatic carbocycles. The minimum absolute atomic E-state index is 0.962. The summed E-state index contributed by atoms with van der Waals surface area (Å²) in [6, 6.07) is 12.0. The van der Waals surface area contributed by atoms with Crippen LogP contribution in [0.2, 0.25) is 0 Å². The highest BCUT2D eigenvalue weighted by molar-refractivity contribution is 9.10. The van der Waals surface area contributed by atoms with Crippen LogP contribution >= 0.6 is 15.9 Å². The van der Waals surface area contributed by atoms with Crippen LogP contribution in [0, 0.1) is 0 Å². The first-order chi connectivity index (χ1) is 6.86. The molecule has 0 amide bonds. The molecule has 0 saturated heterocycles. The summed E-state index contributed by atoms with van der Waals surface area (Å²) in [5.74, 6) is 0. The van der Waals surface area contributed by atoms with Gasteiger partial charge in [0.2, 0.25) is 0 Å². The fourth-order valence-corrected chi connectivity index (χ4v) is 1.50. The number of rotatable bonds is 2. The number of para-hydroxylation sites is 1. The van der Waals surface area contributed by atoms with Crippen LogP contribution in [0.15, 0.2) is 53.3 Å². The minimum Gasteiger partial charge on any atom is -0.355 e. The lowest BCUT2D eigenvalue weighted by Crippen LogP contribution is -1.90. The van der Waals surface area contributed by atoms with Gasteiger partial charge in [-0.15, -0.1) is 0 Å². The smallest absolute Gasteiger partial charge is 0.0593 e. The van der Waals surface area contributed by atoms with Crippen molar-refractivity contribution in [3.05, 3.63) is 53.3 Å².